The molecule has 0 N–H and O–H groups in total. The number of nitrogens with zero attached hydrogens (tertiary/aromatic N) is 3. The van der Waals surface area contributed by atoms with Crippen LogP contribution in [-0.4, -0.2) is 42.5 Å². The number of hydrogen-bond donors (Lipinski definition) is 0. The lowest BCUT2D eigenvalue weighted by Crippen LogP contribution is -2.48. The maximum atomic E-state index is 12.9. The van der Waals surface area contributed by atoms with Gasteiger partial charge in [0.1, 0.15) is 11.3 Å². The summed E-state index contributed by atoms with van der Waals surface area (Å²) in [4.78, 5) is 19.9. The van der Waals surface area contributed by atoms with Crippen LogP contribution < -0.4 is 9.64 Å². The van der Waals surface area contributed by atoms with E-state index < -0.39 is 17.8 Å². The number of aromatic nitrogens is 1. The lowest BCUT2D eigenvalue weighted by atomic mass is 10.1. The summed E-state index contributed by atoms with van der Waals surface area (Å²) in [5.41, 5.74) is 0.388. The van der Waals surface area contributed by atoms with Crippen LogP contribution in [0, 0.1) is 0 Å². The Morgan fingerprint density at radius 2 is 2.00 bits per heavy atom. The predicted octanol–water partition coefficient (Wildman–Crippen LogP) is 3.70. The minimum Gasteiger partial charge on any atom is -0.477 e. The Morgan fingerprint density at radius 1 is 1.24 bits per heavy atom. The van der Waals surface area contributed by atoms with E-state index in [9.17, 15) is 18.0 Å². The summed E-state index contributed by atoms with van der Waals surface area (Å²) < 4.78 is 50.3. The maximum absolute atomic E-state index is 12.9. The summed E-state index contributed by atoms with van der Waals surface area (Å²) in [6.07, 6.45) is -5.16. The standard InChI is InChI=1S/C20H18F3N3O3/c1-25(2)19(27)17-10-26(14-5-3-4-6-16(14)28-17)11-18-24-13-9-12(20(21,22)23)7-8-15(13)29-18/h3-9,17H,10-11H2,1-2H3/t17-/m0/s1. The number of rotatable bonds is 3. The number of halogens is 3. The van der Waals surface area contributed by atoms with E-state index in [0.29, 0.717) is 5.75 Å². The number of anilines is 1. The molecule has 2 aromatic carbocycles. The predicted molar refractivity (Wildman–Crippen MR) is 99.6 cm³/mol. The number of ether oxygens (including phenoxy) is 1. The molecule has 1 aliphatic rings. The van der Waals surface area contributed by atoms with Crippen molar-refractivity contribution in [2.45, 2.75) is 18.8 Å². The molecule has 1 aromatic heterocycles. The Balaban J connectivity index is 1.64. The minimum atomic E-state index is -4.45. The van der Waals surface area contributed by atoms with Crippen molar-refractivity contribution in [3.8, 4) is 5.75 Å². The van der Waals surface area contributed by atoms with Crippen LogP contribution in [0.25, 0.3) is 11.1 Å². The largest absolute Gasteiger partial charge is 0.477 e. The Hall–Kier alpha value is -3.23. The Kier molecular flexibility index (Phi) is 4.60. The van der Waals surface area contributed by atoms with Crippen LogP contribution in [-0.2, 0) is 17.5 Å². The van der Waals surface area contributed by atoms with Crippen molar-refractivity contribution in [1.29, 1.82) is 0 Å². The van der Waals surface area contributed by atoms with E-state index in [2.05, 4.69) is 4.98 Å². The first-order chi connectivity index (χ1) is 13.7. The number of alkyl halides is 3. The van der Waals surface area contributed by atoms with Crippen LogP contribution in [0.15, 0.2) is 46.9 Å². The lowest BCUT2D eigenvalue weighted by Gasteiger charge is -2.35. The highest BCUT2D eigenvalue weighted by atomic mass is 19.4. The minimum absolute atomic E-state index is 0.136. The molecule has 0 bridgehead atoms. The Bertz CT molecular complexity index is 1060. The van der Waals surface area contributed by atoms with Gasteiger partial charge in [0.05, 0.1) is 24.3 Å². The molecule has 152 valence electrons. The van der Waals surface area contributed by atoms with Gasteiger partial charge in [-0.3, -0.25) is 4.79 Å². The maximum Gasteiger partial charge on any atom is 0.416 e. The van der Waals surface area contributed by atoms with Gasteiger partial charge in [-0.2, -0.15) is 13.2 Å². The van der Waals surface area contributed by atoms with Gasteiger partial charge in [-0.1, -0.05) is 12.1 Å². The van der Waals surface area contributed by atoms with Gasteiger partial charge in [-0.05, 0) is 30.3 Å². The van der Waals surface area contributed by atoms with Crippen LogP contribution >= 0.6 is 0 Å². The number of amides is 1. The molecule has 2 heterocycles. The van der Waals surface area contributed by atoms with Gasteiger partial charge in [-0.25, -0.2) is 4.98 Å². The van der Waals surface area contributed by atoms with Gasteiger partial charge in [-0.15, -0.1) is 0 Å². The molecule has 9 heteroatoms. The number of para-hydroxylation sites is 2. The van der Waals surface area contributed by atoms with Crippen molar-refractivity contribution in [2.24, 2.45) is 0 Å². The fourth-order valence-corrected chi connectivity index (χ4v) is 3.26. The molecule has 0 saturated heterocycles. The van der Waals surface area contributed by atoms with Gasteiger partial charge in [0.2, 0.25) is 5.89 Å². The number of carbonyl (C=O) groups excluding carboxylic acids is 1. The normalized spacial score (nSPS) is 16.4. The van der Waals surface area contributed by atoms with Crippen LogP contribution in [0.5, 0.6) is 5.75 Å². The van der Waals surface area contributed by atoms with Crippen LogP contribution in [0.4, 0.5) is 18.9 Å². The van der Waals surface area contributed by atoms with Crippen LogP contribution in [0.1, 0.15) is 11.5 Å². The quantitative estimate of drug-likeness (QED) is 0.665. The fraction of sp³-hybridized carbons (Fsp3) is 0.300. The molecule has 0 aliphatic carbocycles. The van der Waals surface area contributed by atoms with Crippen molar-refractivity contribution in [3.63, 3.8) is 0 Å². The smallest absolute Gasteiger partial charge is 0.416 e. The molecule has 29 heavy (non-hydrogen) atoms. The van der Waals surface area contributed by atoms with Gasteiger partial charge >= 0.3 is 6.18 Å². The zero-order valence-electron chi connectivity index (χ0n) is 15.7. The summed E-state index contributed by atoms with van der Waals surface area (Å²) >= 11 is 0. The van der Waals surface area contributed by atoms with E-state index in [1.54, 1.807) is 26.2 Å². The van der Waals surface area contributed by atoms with Crippen LogP contribution in [0.3, 0.4) is 0 Å². The van der Waals surface area contributed by atoms with E-state index in [1.807, 2.05) is 17.0 Å². The average molecular weight is 405 g/mol. The molecule has 1 atom stereocenters. The summed E-state index contributed by atoms with van der Waals surface area (Å²) in [6, 6.07) is 10.4. The number of hydrogen-bond acceptors (Lipinski definition) is 5. The number of fused-ring (bicyclic) bond motifs is 2. The average Bonchev–Trinajstić information content (AvgIpc) is 3.08. The third-order valence-corrected chi connectivity index (χ3v) is 4.66. The highest BCUT2D eigenvalue weighted by Crippen LogP contribution is 2.35. The van der Waals surface area contributed by atoms with Gasteiger partial charge in [0, 0.05) is 14.1 Å². The zero-order chi connectivity index (χ0) is 20.8. The van der Waals surface area contributed by atoms with E-state index >= 15 is 0 Å². The van der Waals surface area contributed by atoms with Crippen LogP contribution in [0.2, 0.25) is 0 Å². The summed E-state index contributed by atoms with van der Waals surface area (Å²) in [5, 5.41) is 0. The van der Waals surface area contributed by atoms with Gasteiger partial charge in [0.15, 0.2) is 11.7 Å². The third kappa shape index (κ3) is 3.72. The third-order valence-electron chi connectivity index (χ3n) is 4.66. The first-order valence-corrected chi connectivity index (χ1v) is 8.91. The first-order valence-electron chi connectivity index (χ1n) is 8.91. The van der Waals surface area contributed by atoms with E-state index in [-0.39, 0.29) is 36.0 Å². The molecule has 3 aromatic rings. The number of oxazole rings is 1. The number of benzene rings is 2. The molecule has 0 saturated carbocycles. The SMILES string of the molecule is CN(C)C(=O)[C@@H]1CN(Cc2nc3cc(C(F)(F)F)ccc3o2)c2ccccc2O1. The molecule has 0 spiro atoms. The highest BCUT2D eigenvalue weighted by molar-refractivity contribution is 5.83. The fourth-order valence-electron chi connectivity index (χ4n) is 3.26. The second kappa shape index (κ2) is 6.98. The van der Waals surface area contributed by atoms with Crippen molar-refractivity contribution >= 4 is 22.7 Å². The number of likely N-dealkylation sites (N-methyl/N-ethyl adjacent to an activating group) is 1. The first kappa shape index (κ1) is 19.1. The molecule has 0 unspecified atom stereocenters. The van der Waals surface area contributed by atoms with Crippen molar-refractivity contribution in [2.75, 3.05) is 25.5 Å². The van der Waals surface area contributed by atoms with E-state index in [1.165, 1.54) is 11.0 Å². The molecule has 6 nitrogen and oxygen atoms in total. The molecule has 4 rings (SSSR count). The van der Waals surface area contributed by atoms with Crippen molar-refractivity contribution in [3.05, 3.63) is 53.9 Å². The highest BCUT2D eigenvalue weighted by Gasteiger charge is 2.33. The molecule has 1 amide bonds. The van der Waals surface area contributed by atoms with Crippen molar-refractivity contribution < 1.29 is 27.1 Å². The van der Waals surface area contributed by atoms with Gasteiger partial charge < -0.3 is 19.0 Å². The van der Waals surface area contributed by atoms with Crippen molar-refractivity contribution in [1.82, 2.24) is 9.88 Å². The van der Waals surface area contributed by atoms with E-state index in [0.717, 1.165) is 17.8 Å². The number of carbonyl (C=O) groups is 1. The Labute approximate surface area is 164 Å². The molecule has 0 fully saturated rings. The Morgan fingerprint density at radius 3 is 2.72 bits per heavy atom. The summed E-state index contributed by atoms with van der Waals surface area (Å²) in [5.74, 6) is 0.624. The topological polar surface area (TPSA) is 58.8 Å². The summed E-state index contributed by atoms with van der Waals surface area (Å²) in [6.45, 7) is 0.453. The zero-order valence-corrected chi connectivity index (χ0v) is 15.7. The molecule has 1 aliphatic heterocycles. The monoisotopic (exact) mass is 405 g/mol. The second-order valence-electron chi connectivity index (χ2n) is 6.98. The lowest BCUT2D eigenvalue weighted by molar-refractivity contribution is -0.137. The van der Waals surface area contributed by atoms with Gasteiger partial charge in [0.25, 0.3) is 5.91 Å². The molecule has 0 radical (unpaired) electrons. The van der Waals surface area contributed by atoms with E-state index in [4.69, 9.17) is 9.15 Å². The summed E-state index contributed by atoms with van der Waals surface area (Å²) in [7, 11) is 3.30. The molecular formula is C20H18F3N3O3. The molecular weight excluding hydrogens is 387 g/mol. The second-order valence-corrected chi connectivity index (χ2v) is 6.98.